The number of benzene rings is 2. The first-order chi connectivity index (χ1) is 12.6. The number of guanidine groups is 1. The Morgan fingerprint density at radius 2 is 1.50 bits per heavy atom. The second kappa shape index (κ2) is 10.2. The van der Waals surface area contributed by atoms with Crippen LogP contribution in [0.2, 0.25) is 0 Å². The number of nitrogens with zero attached hydrogens (tertiary/aromatic N) is 3. The molecule has 5 heteroatoms. The van der Waals surface area contributed by atoms with Gasteiger partial charge < -0.3 is 15.1 Å². The highest BCUT2D eigenvalue weighted by Gasteiger charge is 2.09. The summed E-state index contributed by atoms with van der Waals surface area (Å²) in [4.78, 5) is 20.0. The van der Waals surface area contributed by atoms with Crippen LogP contribution in [0.3, 0.4) is 0 Å². The summed E-state index contributed by atoms with van der Waals surface area (Å²) in [5, 5.41) is 3.39. The van der Waals surface area contributed by atoms with Gasteiger partial charge in [-0.3, -0.25) is 4.79 Å². The van der Waals surface area contributed by atoms with Gasteiger partial charge >= 0.3 is 0 Å². The fraction of sp³-hybridized carbons (Fsp3) is 0.333. The van der Waals surface area contributed by atoms with Gasteiger partial charge in [-0.2, -0.15) is 0 Å². The van der Waals surface area contributed by atoms with E-state index in [-0.39, 0.29) is 12.5 Å². The lowest BCUT2D eigenvalue weighted by Gasteiger charge is -2.23. The molecule has 0 aliphatic carbocycles. The molecule has 0 bridgehead atoms. The lowest BCUT2D eigenvalue weighted by Crippen LogP contribution is -2.40. The van der Waals surface area contributed by atoms with Crippen LogP contribution in [0.4, 0.5) is 0 Å². The first-order valence-corrected chi connectivity index (χ1v) is 8.83. The van der Waals surface area contributed by atoms with E-state index in [0.717, 1.165) is 25.5 Å². The standard InChI is InChI=1S/C21H28N4O/c1-24(2)20(26)16-23-21(22-15-14-18-10-6-4-7-11-18)25(3)17-19-12-8-5-9-13-19/h4-13H,14-17H2,1-3H3,(H,22,23). The maximum atomic E-state index is 11.9. The van der Waals surface area contributed by atoms with E-state index in [1.807, 2.05) is 48.3 Å². The van der Waals surface area contributed by atoms with Crippen LogP contribution in [0, 0.1) is 0 Å². The molecule has 0 heterocycles. The second-order valence-electron chi connectivity index (χ2n) is 6.43. The van der Waals surface area contributed by atoms with Crippen LogP contribution in [0.15, 0.2) is 65.7 Å². The molecule has 0 atom stereocenters. The second-order valence-corrected chi connectivity index (χ2v) is 6.43. The zero-order chi connectivity index (χ0) is 18.8. The molecule has 1 N–H and O–H groups in total. The van der Waals surface area contributed by atoms with Gasteiger partial charge in [0.1, 0.15) is 6.54 Å². The molecule has 2 rings (SSSR count). The smallest absolute Gasteiger partial charge is 0.243 e. The van der Waals surface area contributed by atoms with Crippen molar-refractivity contribution in [3.8, 4) is 0 Å². The predicted octanol–water partition coefficient (Wildman–Crippen LogP) is 2.39. The van der Waals surface area contributed by atoms with Gasteiger partial charge in [0.05, 0.1) is 0 Å². The minimum Gasteiger partial charge on any atom is -0.356 e. The molecular formula is C21H28N4O. The van der Waals surface area contributed by atoms with Crippen LogP contribution < -0.4 is 5.32 Å². The van der Waals surface area contributed by atoms with E-state index in [4.69, 9.17) is 0 Å². The molecule has 1 amide bonds. The number of carbonyl (C=O) groups is 1. The van der Waals surface area contributed by atoms with Crippen molar-refractivity contribution in [3.63, 3.8) is 0 Å². The van der Waals surface area contributed by atoms with E-state index in [9.17, 15) is 4.79 Å². The molecule has 2 aromatic carbocycles. The van der Waals surface area contributed by atoms with Gasteiger partial charge in [-0.05, 0) is 17.5 Å². The maximum Gasteiger partial charge on any atom is 0.243 e. The van der Waals surface area contributed by atoms with Crippen molar-refractivity contribution in [3.05, 3.63) is 71.8 Å². The summed E-state index contributed by atoms with van der Waals surface area (Å²) in [6, 6.07) is 20.6. The van der Waals surface area contributed by atoms with Crippen molar-refractivity contribution in [1.29, 1.82) is 0 Å². The number of rotatable bonds is 7. The molecule has 2 aromatic rings. The van der Waals surface area contributed by atoms with Crippen LogP contribution in [-0.2, 0) is 17.8 Å². The van der Waals surface area contributed by atoms with E-state index in [2.05, 4.69) is 34.6 Å². The highest BCUT2D eigenvalue weighted by atomic mass is 16.2. The molecule has 0 spiro atoms. The number of likely N-dealkylation sites (N-methyl/N-ethyl adjacent to an activating group) is 1. The zero-order valence-electron chi connectivity index (χ0n) is 15.9. The average molecular weight is 352 g/mol. The van der Waals surface area contributed by atoms with E-state index in [0.29, 0.717) is 0 Å². The SMILES string of the molecule is CN(C)C(=O)CN=C(NCCc1ccccc1)N(C)Cc1ccccc1. The van der Waals surface area contributed by atoms with E-state index >= 15 is 0 Å². The van der Waals surface area contributed by atoms with Gasteiger partial charge in [-0.25, -0.2) is 4.99 Å². The minimum absolute atomic E-state index is 0.0135. The Hall–Kier alpha value is -2.82. The van der Waals surface area contributed by atoms with Crippen LogP contribution in [0.5, 0.6) is 0 Å². The molecule has 0 fully saturated rings. The Kier molecular flexibility index (Phi) is 7.68. The molecule has 0 aliphatic heterocycles. The lowest BCUT2D eigenvalue weighted by molar-refractivity contribution is -0.127. The first-order valence-electron chi connectivity index (χ1n) is 8.83. The molecule has 138 valence electrons. The molecule has 0 saturated heterocycles. The Balaban J connectivity index is 2.00. The molecule has 0 saturated carbocycles. The number of nitrogens with one attached hydrogen (secondary N) is 1. The molecule has 5 nitrogen and oxygen atoms in total. The van der Waals surface area contributed by atoms with E-state index in [1.165, 1.54) is 11.1 Å². The Morgan fingerprint density at radius 1 is 0.923 bits per heavy atom. The monoisotopic (exact) mass is 352 g/mol. The molecule has 26 heavy (non-hydrogen) atoms. The third-order valence-corrected chi connectivity index (χ3v) is 4.03. The molecular weight excluding hydrogens is 324 g/mol. The third-order valence-electron chi connectivity index (χ3n) is 4.03. The number of aliphatic imine (C=N–C) groups is 1. The van der Waals surface area contributed by atoms with Crippen LogP contribution in [0.1, 0.15) is 11.1 Å². The fourth-order valence-corrected chi connectivity index (χ4v) is 2.49. The topological polar surface area (TPSA) is 47.9 Å². The van der Waals surface area contributed by atoms with Crippen molar-refractivity contribution in [1.82, 2.24) is 15.1 Å². The summed E-state index contributed by atoms with van der Waals surface area (Å²) in [6.45, 7) is 1.63. The highest BCUT2D eigenvalue weighted by molar-refractivity contribution is 5.84. The summed E-state index contributed by atoms with van der Waals surface area (Å²) in [7, 11) is 5.48. The predicted molar refractivity (Wildman–Crippen MR) is 107 cm³/mol. The Morgan fingerprint density at radius 3 is 2.08 bits per heavy atom. The summed E-state index contributed by atoms with van der Waals surface area (Å²) in [5.74, 6) is 0.723. The minimum atomic E-state index is -0.0135. The van der Waals surface area contributed by atoms with Crippen molar-refractivity contribution in [2.24, 2.45) is 4.99 Å². The lowest BCUT2D eigenvalue weighted by atomic mass is 10.1. The van der Waals surface area contributed by atoms with Crippen molar-refractivity contribution >= 4 is 11.9 Å². The maximum absolute atomic E-state index is 11.9. The van der Waals surface area contributed by atoms with Crippen LogP contribution >= 0.6 is 0 Å². The van der Waals surface area contributed by atoms with Gasteiger partial charge in [-0.15, -0.1) is 0 Å². The Labute approximate surface area is 156 Å². The van der Waals surface area contributed by atoms with Gasteiger partial charge in [0, 0.05) is 34.2 Å². The van der Waals surface area contributed by atoms with Crippen molar-refractivity contribution in [2.45, 2.75) is 13.0 Å². The third kappa shape index (κ3) is 6.59. The quantitative estimate of drug-likeness (QED) is 0.615. The largest absolute Gasteiger partial charge is 0.356 e. The van der Waals surface area contributed by atoms with Gasteiger partial charge in [0.25, 0.3) is 0 Å². The van der Waals surface area contributed by atoms with Crippen LogP contribution in [0.25, 0.3) is 0 Å². The molecule has 0 unspecified atom stereocenters. The Bertz CT molecular complexity index is 698. The van der Waals surface area contributed by atoms with E-state index < -0.39 is 0 Å². The fourth-order valence-electron chi connectivity index (χ4n) is 2.49. The number of carbonyl (C=O) groups excluding carboxylic acids is 1. The molecule has 0 aromatic heterocycles. The summed E-state index contributed by atoms with van der Waals surface area (Å²) in [5.41, 5.74) is 2.47. The first kappa shape index (κ1) is 19.5. The van der Waals surface area contributed by atoms with Crippen LogP contribution in [-0.4, -0.2) is 55.9 Å². The normalized spacial score (nSPS) is 11.1. The van der Waals surface area contributed by atoms with E-state index in [1.54, 1.807) is 19.0 Å². The van der Waals surface area contributed by atoms with Gasteiger partial charge in [0.15, 0.2) is 5.96 Å². The molecule has 0 aliphatic rings. The highest BCUT2D eigenvalue weighted by Crippen LogP contribution is 2.04. The summed E-state index contributed by atoms with van der Waals surface area (Å²) in [6.07, 6.45) is 0.903. The van der Waals surface area contributed by atoms with Crippen molar-refractivity contribution < 1.29 is 4.79 Å². The van der Waals surface area contributed by atoms with Gasteiger partial charge in [0.2, 0.25) is 5.91 Å². The summed E-state index contributed by atoms with van der Waals surface area (Å²) < 4.78 is 0. The summed E-state index contributed by atoms with van der Waals surface area (Å²) >= 11 is 0. The van der Waals surface area contributed by atoms with Gasteiger partial charge in [-0.1, -0.05) is 60.7 Å². The number of amides is 1. The average Bonchev–Trinajstić information content (AvgIpc) is 2.65. The molecule has 0 radical (unpaired) electrons. The zero-order valence-corrected chi connectivity index (χ0v) is 15.9. The number of hydrogen-bond acceptors (Lipinski definition) is 2. The number of hydrogen-bond donors (Lipinski definition) is 1. The van der Waals surface area contributed by atoms with Crippen molar-refractivity contribution in [2.75, 3.05) is 34.2 Å².